The molecule has 3 nitrogen and oxygen atoms in total. The van der Waals surface area contributed by atoms with E-state index < -0.39 is 9.84 Å². The van der Waals surface area contributed by atoms with E-state index in [1.165, 1.54) is 11.1 Å². The van der Waals surface area contributed by atoms with Crippen molar-refractivity contribution < 1.29 is 8.42 Å². The molecule has 1 N–H and O–H groups in total. The summed E-state index contributed by atoms with van der Waals surface area (Å²) < 4.78 is 23.1. The number of benzene rings is 1. The topological polar surface area (TPSA) is 46.2 Å². The van der Waals surface area contributed by atoms with Gasteiger partial charge in [-0.1, -0.05) is 36.8 Å². The molecule has 0 aliphatic carbocycles. The molecule has 4 heteroatoms. The van der Waals surface area contributed by atoms with Gasteiger partial charge in [-0.3, -0.25) is 0 Å². The molecule has 0 saturated heterocycles. The van der Waals surface area contributed by atoms with Crippen molar-refractivity contribution in [1.29, 1.82) is 0 Å². The van der Waals surface area contributed by atoms with Gasteiger partial charge in [0, 0.05) is 18.3 Å². The monoisotopic (exact) mass is 269 g/mol. The van der Waals surface area contributed by atoms with E-state index in [0.717, 1.165) is 0 Å². The van der Waals surface area contributed by atoms with Crippen LogP contribution in [0.15, 0.2) is 24.3 Å². The lowest BCUT2D eigenvalue weighted by atomic mass is 10.1. The first-order chi connectivity index (χ1) is 8.44. The standard InChI is InChI=1S/C14H23NO2S/c1-4-10-18(16,17)11-9-15-13(3)14-7-5-12(2)6-8-14/h5-8,13,15H,4,9-11H2,1-3H3. The van der Waals surface area contributed by atoms with Crippen molar-refractivity contribution in [1.82, 2.24) is 5.32 Å². The Labute approximate surface area is 111 Å². The molecule has 0 aliphatic heterocycles. The fourth-order valence-electron chi connectivity index (χ4n) is 1.82. The molecule has 0 amide bonds. The predicted octanol–water partition coefficient (Wildman–Crippen LogP) is 2.47. The molecule has 1 unspecified atom stereocenters. The van der Waals surface area contributed by atoms with E-state index >= 15 is 0 Å². The van der Waals surface area contributed by atoms with E-state index in [-0.39, 0.29) is 17.5 Å². The molecule has 0 radical (unpaired) electrons. The second-order valence-electron chi connectivity index (χ2n) is 4.74. The van der Waals surface area contributed by atoms with Gasteiger partial charge in [-0.25, -0.2) is 8.42 Å². The fourth-order valence-corrected chi connectivity index (χ4v) is 3.07. The maximum absolute atomic E-state index is 11.6. The second-order valence-corrected chi connectivity index (χ2v) is 7.04. The van der Waals surface area contributed by atoms with Gasteiger partial charge in [0.1, 0.15) is 0 Å². The molecule has 1 rings (SSSR count). The Balaban J connectivity index is 2.42. The zero-order valence-electron chi connectivity index (χ0n) is 11.4. The Kier molecular flexibility index (Phi) is 5.82. The second kappa shape index (κ2) is 6.90. The summed E-state index contributed by atoms with van der Waals surface area (Å²) in [5, 5.41) is 3.25. The molecule has 18 heavy (non-hydrogen) atoms. The van der Waals surface area contributed by atoms with Crippen LogP contribution >= 0.6 is 0 Å². The van der Waals surface area contributed by atoms with Gasteiger partial charge in [0.15, 0.2) is 9.84 Å². The molecule has 0 bridgehead atoms. The van der Waals surface area contributed by atoms with Crippen molar-refractivity contribution in [3.8, 4) is 0 Å². The summed E-state index contributed by atoms with van der Waals surface area (Å²) in [5.41, 5.74) is 2.42. The number of hydrogen-bond donors (Lipinski definition) is 1. The molecule has 0 aliphatic rings. The molecule has 0 spiro atoms. The van der Waals surface area contributed by atoms with Crippen LogP contribution in [0.3, 0.4) is 0 Å². The molecule has 1 aromatic carbocycles. The van der Waals surface area contributed by atoms with Gasteiger partial charge in [-0.2, -0.15) is 0 Å². The summed E-state index contributed by atoms with van der Waals surface area (Å²) in [6.45, 7) is 6.51. The highest BCUT2D eigenvalue weighted by Crippen LogP contribution is 2.12. The third-order valence-corrected chi connectivity index (χ3v) is 4.81. The minimum atomic E-state index is -2.88. The summed E-state index contributed by atoms with van der Waals surface area (Å²) in [6, 6.07) is 8.48. The van der Waals surface area contributed by atoms with Crippen LogP contribution in [-0.2, 0) is 9.84 Å². The summed E-state index contributed by atoms with van der Waals surface area (Å²) in [4.78, 5) is 0. The van der Waals surface area contributed by atoms with Crippen LogP contribution in [0.4, 0.5) is 0 Å². The van der Waals surface area contributed by atoms with Crippen molar-refractivity contribution in [3.05, 3.63) is 35.4 Å². The molecule has 0 heterocycles. The van der Waals surface area contributed by atoms with E-state index in [1.54, 1.807) is 0 Å². The first-order valence-corrected chi connectivity index (χ1v) is 8.27. The Morgan fingerprint density at radius 2 is 1.78 bits per heavy atom. The van der Waals surface area contributed by atoms with Crippen molar-refractivity contribution in [2.45, 2.75) is 33.2 Å². The van der Waals surface area contributed by atoms with E-state index in [4.69, 9.17) is 0 Å². The molecule has 0 saturated carbocycles. The molecular weight excluding hydrogens is 246 g/mol. The number of sulfone groups is 1. The summed E-state index contributed by atoms with van der Waals surface area (Å²) in [5.74, 6) is 0.505. The zero-order valence-corrected chi connectivity index (χ0v) is 12.3. The Hall–Kier alpha value is -0.870. The van der Waals surface area contributed by atoms with Gasteiger partial charge in [-0.15, -0.1) is 0 Å². The van der Waals surface area contributed by atoms with E-state index in [1.807, 2.05) is 6.92 Å². The fraction of sp³-hybridized carbons (Fsp3) is 0.571. The quantitative estimate of drug-likeness (QED) is 0.827. The van der Waals surface area contributed by atoms with Gasteiger partial charge in [-0.05, 0) is 25.8 Å². The van der Waals surface area contributed by atoms with Crippen LogP contribution in [0.1, 0.15) is 37.4 Å². The minimum absolute atomic E-state index is 0.183. The minimum Gasteiger partial charge on any atom is -0.309 e. The van der Waals surface area contributed by atoms with Crippen LogP contribution in [0.2, 0.25) is 0 Å². The van der Waals surface area contributed by atoms with E-state index in [9.17, 15) is 8.42 Å². The van der Waals surface area contributed by atoms with Crippen molar-refractivity contribution in [2.75, 3.05) is 18.1 Å². The summed E-state index contributed by atoms with van der Waals surface area (Å²) in [6.07, 6.45) is 0.690. The van der Waals surface area contributed by atoms with Crippen LogP contribution in [-0.4, -0.2) is 26.5 Å². The highest BCUT2D eigenvalue weighted by molar-refractivity contribution is 7.91. The van der Waals surface area contributed by atoms with Crippen LogP contribution in [0.25, 0.3) is 0 Å². The largest absolute Gasteiger partial charge is 0.309 e. The van der Waals surface area contributed by atoms with E-state index in [0.29, 0.717) is 13.0 Å². The smallest absolute Gasteiger partial charge is 0.151 e. The lowest BCUT2D eigenvalue weighted by molar-refractivity contribution is 0.571. The maximum Gasteiger partial charge on any atom is 0.151 e. The first kappa shape index (κ1) is 15.2. The molecule has 1 atom stereocenters. The molecule has 102 valence electrons. The number of hydrogen-bond acceptors (Lipinski definition) is 3. The van der Waals surface area contributed by atoms with Gasteiger partial charge < -0.3 is 5.32 Å². The third-order valence-electron chi connectivity index (χ3n) is 2.96. The summed E-state index contributed by atoms with van der Waals surface area (Å²) >= 11 is 0. The van der Waals surface area contributed by atoms with Gasteiger partial charge >= 0.3 is 0 Å². The summed E-state index contributed by atoms with van der Waals surface area (Å²) in [7, 11) is -2.88. The van der Waals surface area contributed by atoms with Crippen molar-refractivity contribution in [3.63, 3.8) is 0 Å². The highest BCUT2D eigenvalue weighted by Gasteiger charge is 2.10. The predicted molar refractivity (Wildman–Crippen MR) is 76.5 cm³/mol. The van der Waals surface area contributed by atoms with Crippen LogP contribution in [0, 0.1) is 6.92 Å². The normalized spacial score (nSPS) is 13.5. The Bertz CT molecular complexity index is 451. The number of rotatable bonds is 7. The van der Waals surface area contributed by atoms with Gasteiger partial charge in [0.05, 0.1) is 5.75 Å². The lowest BCUT2D eigenvalue weighted by Crippen LogP contribution is -2.26. The molecule has 1 aromatic rings. The van der Waals surface area contributed by atoms with Gasteiger partial charge in [0.2, 0.25) is 0 Å². The zero-order chi connectivity index (χ0) is 13.6. The molecular formula is C14H23NO2S. The van der Waals surface area contributed by atoms with Crippen LogP contribution < -0.4 is 5.32 Å². The third kappa shape index (κ3) is 5.19. The average Bonchev–Trinajstić information content (AvgIpc) is 2.29. The first-order valence-electron chi connectivity index (χ1n) is 6.45. The maximum atomic E-state index is 11.6. The van der Waals surface area contributed by atoms with Gasteiger partial charge in [0.25, 0.3) is 0 Å². The number of nitrogens with one attached hydrogen (secondary N) is 1. The Morgan fingerprint density at radius 3 is 2.33 bits per heavy atom. The lowest BCUT2D eigenvalue weighted by Gasteiger charge is -2.14. The SMILES string of the molecule is CCCS(=O)(=O)CCNC(C)c1ccc(C)cc1. The van der Waals surface area contributed by atoms with Crippen molar-refractivity contribution in [2.24, 2.45) is 0 Å². The van der Waals surface area contributed by atoms with Crippen molar-refractivity contribution >= 4 is 9.84 Å². The van der Waals surface area contributed by atoms with E-state index in [2.05, 4.69) is 43.4 Å². The number of aryl methyl sites for hydroxylation is 1. The highest BCUT2D eigenvalue weighted by atomic mass is 32.2. The average molecular weight is 269 g/mol. The van der Waals surface area contributed by atoms with Crippen LogP contribution in [0.5, 0.6) is 0 Å². The molecule has 0 fully saturated rings. The Morgan fingerprint density at radius 1 is 1.17 bits per heavy atom. The molecule has 0 aromatic heterocycles.